The second kappa shape index (κ2) is 7.64. The van der Waals surface area contributed by atoms with E-state index in [2.05, 4.69) is 15.4 Å². The van der Waals surface area contributed by atoms with E-state index in [1.807, 2.05) is 32.8 Å². The maximum atomic E-state index is 12.7. The molecule has 1 aromatic rings. The molecular formula is C12H24N6O2S. The topological polar surface area (TPSA) is 104 Å². The summed E-state index contributed by atoms with van der Waals surface area (Å²) in [6.07, 6.45) is 2.53. The van der Waals surface area contributed by atoms with E-state index >= 15 is 0 Å². The molecule has 120 valence electrons. The van der Waals surface area contributed by atoms with E-state index in [1.165, 1.54) is 16.7 Å². The zero-order valence-corrected chi connectivity index (χ0v) is 13.8. The van der Waals surface area contributed by atoms with Crippen molar-refractivity contribution in [3.8, 4) is 0 Å². The molecule has 0 aliphatic rings. The van der Waals surface area contributed by atoms with E-state index in [-0.39, 0.29) is 16.8 Å². The van der Waals surface area contributed by atoms with Gasteiger partial charge in [0.1, 0.15) is 4.90 Å². The van der Waals surface area contributed by atoms with Gasteiger partial charge in [-0.2, -0.15) is 4.31 Å². The Bertz CT molecular complexity index is 529. The second-order valence-corrected chi connectivity index (χ2v) is 7.38. The lowest BCUT2D eigenvalue weighted by atomic mass is 10.2. The minimum atomic E-state index is -3.60. The number of likely N-dealkylation sites (N-methyl/N-ethyl adjacent to an activating group) is 1. The molecule has 0 spiro atoms. The predicted octanol–water partition coefficient (Wildman–Crippen LogP) is -0.0295. The fourth-order valence-corrected chi connectivity index (χ4v) is 3.19. The molecule has 1 rings (SSSR count). The van der Waals surface area contributed by atoms with E-state index in [4.69, 9.17) is 5.84 Å². The molecule has 0 unspecified atom stereocenters. The standard InChI is InChI=1S/C12H24N6O2S/c1-10(2)9-18(6-5-17(3)4)21(19,20)11-7-14-12(16-13)15-8-11/h7-8,10H,5-6,9,13H2,1-4H3,(H,14,15,16). The molecule has 0 aliphatic heterocycles. The minimum absolute atomic E-state index is 0.0703. The molecule has 0 radical (unpaired) electrons. The third-order valence-electron chi connectivity index (χ3n) is 2.76. The molecule has 1 heterocycles. The van der Waals surface area contributed by atoms with Gasteiger partial charge in [0.15, 0.2) is 0 Å². The molecule has 8 nitrogen and oxygen atoms in total. The summed E-state index contributed by atoms with van der Waals surface area (Å²) in [7, 11) is 0.212. The summed E-state index contributed by atoms with van der Waals surface area (Å²) in [4.78, 5) is 9.73. The van der Waals surface area contributed by atoms with Crippen LogP contribution in [0.4, 0.5) is 5.95 Å². The number of aromatic nitrogens is 2. The molecule has 0 aliphatic carbocycles. The summed E-state index contributed by atoms with van der Waals surface area (Å²) in [5, 5.41) is 0. The van der Waals surface area contributed by atoms with Gasteiger partial charge in [0, 0.05) is 19.6 Å². The van der Waals surface area contributed by atoms with Crippen LogP contribution in [0.1, 0.15) is 13.8 Å². The van der Waals surface area contributed by atoms with E-state index in [1.54, 1.807) is 0 Å². The van der Waals surface area contributed by atoms with Gasteiger partial charge in [-0.1, -0.05) is 13.8 Å². The van der Waals surface area contributed by atoms with Crippen LogP contribution in [-0.4, -0.2) is 61.3 Å². The lowest BCUT2D eigenvalue weighted by molar-refractivity contribution is 0.312. The molecule has 0 saturated heterocycles. The summed E-state index contributed by atoms with van der Waals surface area (Å²) in [6, 6.07) is 0. The quantitative estimate of drug-likeness (QED) is 0.512. The zero-order valence-electron chi connectivity index (χ0n) is 12.9. The van der Waals surface area contributed by atoms with Crippen LogP contribution < -0.4 is 11.3 Å². The molecule has 0 saturated carbocycles. The van der Waals surface area contributed by atoms with Gasteiger partial charge in [0.2, 0.25) is 16.0 Å². The number of hydrogen-bond acceptors (Lipinski definition) is 7. The van der Waals surface area contributed by atoms with Gasteiger partial charge in [0.25, 0.3) is 0 Å². The number of hydrogen-bond donors (Lipinski definition) is 2. The lowest BCUT2D eigenvalue weighted by Gasteiger charge is -2.25. The summed E-state index contributed by atoms with van der Waals surface area (Å²) < 4.78 is 26.8. The Labute approximate surface area is 126 Å². The largest absolute Gasteiger partial charge is 0.308 e. The fourth-order valence-electron chi connectivity index (χ4n) is 1.70. The van der Waals surface area contributed by atoms with E-state index < -0.39 is 10.0 Å². The van der Waals surface area contributed by atoms with Crippen molar-refractivity contribution >= 4 is 16.0 Å². The van der Waals surface area contributed by atoms with Crippen molar-refractivity contribution in [1.29, 1.82) is 0 Å². The van der Waals surface area contributed by atoms with Crippen molar-refractivity contribution < 1.29 is 8.42 Å². The van der Waals surface area contributed by atoms with Gasteiger partial charge in [-0.05, 0) is 20.0 Å². The Morgan fingerprint density at radius 1 is 1.24 bits per heavy atom. The molecule has 0 atom stereocenters. The van der Waals surface area contributed by atoms with Crippen LogP contribution in [0, 0.1) is 5.92 Å². The van der Waals surface area contributed by atoms with Crippen LogP contribution in [0.5, 0.6) is 0 Å². The maximum absolute atomic E-state index is 12.7. The van der Waals surface area contributed by atoms with Crippen molar-refractivity contribution in [3.63, 3.8) is 0 Å². The number of hydrazine groups is 1. The molecule has 0 bridgehead atoms. The van der Waals surface area contributed by atoms with Crippen LogP contribution in [-0.2, 0) is 10.0 Å². The average Bonchev–Trinajstić information content (AvgIpc) is 2.42. The summed E-state index contributed by atoms with van der Waals surface area (Å²) >= 11 is 0. The smallest absolute Gasteiger partial charge is 0.246 e. The summed E-state index contributed by atoms with van der Waals surface area (Å²) in [5.74, 6) is 5.58. The van der Waals surface area contributed by atoms with E-state index in [0.717, 1.165) is 0 Å². The molecule has 21 heavy (non-hydrogen) atoms. The van der Waals surface area contributed by atoms with Gasteiger partial charge in [0.05, 0.1) is 12.4 Å². The third kappa shape index (κ3) is 5.20. The first kappa shape index (κ1) is 17.8. The number of nitrogen functional groups attached to an aromatic ring is 1. The van der Waals surface area contributed by atoms with Gasteiger partial charge in [-0.15, -0.1) is 0 Å². The number of nitrogens with zero attached hydrogens (tertiary/aromatic N) is 4. The normalized spacial score (nSPS) is 12.4. The van der Waals surface area contributed by atoms with Crippen LogP contribution in [0.2, 0.25) is 0 Å². The van der Waals surface area contributed by atoms with Gasteiger partial charge < -0.3 is 4.90 Å². The van der Waals surface area contributed by atoms with Crippen molar-refractivity contribution in [1.82, 2.24) is 19.2 Å². The van der Waals surface area contributed by atoms with Crippen LogP contribution in [0.3, 0.4) is 0 Å². The van der Waals surface area contributed by atoms with E-state index in [0.29, 0.717) is 19.6 Å². The molecule has 0 fully saturated rings. The van der Waals surface area contributed by atoms with Gasteiger partial charge in [-0.25, -0.2) is 24.2 Å². The SMILES string of the molecule is CC(C)CN(CCN(C)C)S(=O)(=O)c1cnc(NN)nc1. The molecule has 0 amide bonds. The Balaban J connectivity index is 3.00. The Morgan fingerprint density at radius 2 is 1.81 bits per heavy atom. The molecule has 0 aromatic carbocycles. The second-order valence-electron chi connectivity index (χ2n) is 5.45. The van der Waals surface area contributed by atoms with Crippen molar-refractivity contribution in [2.75, 3.05) is 39.2 Å². The van der Waals surface area contributed by atoms with Gasteiger partial charge in [-0.3, -0.25) is 5.43 Å². The lowest BCUT2D eigenvalue weighted by Crippen LogP contribution is -2.39. The first-order chi connectivity index (χ1) is 9.77. The highest BCUT2D eigenvalue weighted by Gasteiger charge is 2.25. The van der Waals surface area contributed by atoms with Crippen LogP contribution >= 0.6 is 0 Å². The van der Waals surface area contributed by atoms with Crippen LogP contribution in [0.25, 0.3) is 0 Å². The van der Waals surface area contributed by atoms with Crippen molar-refractivity contribution in [2.45, 2.75) is 18.7 Å². The fraction of sp³-hybridized carbons (Fsp3) is 0.667. The van der Waals surface area contributed by atoms with E-state index in [9.17, 15) is 8.42 Å². The number of nitrogens with one attached hydrogen (secondary N) is 1. The highest BCUT2D eigenvalue weighted by Crippen LogP contribution is 2.16. The number of anilines is 1. The first-order valence-corrected chi connectivity index (χ1v) is 8.15. The highest BCUT2D eigenvalue weighted by atomic mass is 32.2. The predicted molar refractivity (Wildman–Crippen MR) is 82.0 cm³/mol. The molecule has 3 N–H and O–H groups in total. The average molecular weight is 316 g/mol. The monoisotopic (exact) mass is 316 g/mol. The number of nitrogens with two attached hydrogens (primary N) is 1. The minimum Gasteiger partial charge on any atom is -0.308 e. The summed E-state index contributed by atoms with van der Waals surface area (Å²) in [6.45, 7) is 5.49. The van der Waals surface area contributed by atoms with Crippen LogP contribution in [0.15, 0.2) is 17.3 Å². The zero-order chi connectivity index (χ0) is 16.0. The molecular weight excluding hydrogens is 292 g/mol. The first-order valence-electron chi connectivity index (χ1n) is 6.71. The third-order valence-corrected chi connectivity index (χ3v) is 4.58. The van der Waals surface area contributed by atoms with Crippen molar-refractivity contribution in [2.24, 2.45) is 11.8 Å². The highest BCUT2D eigenvalue weighted by molar-refractivity contribution is 7.89. The molecule has 1 aromatic heterocycles. The Hall–Kier alpha value is -1.29. The molecule has 9 heteroatoms. The Kier molecular flexibility index (Phi) is 6.46. The summed E-state index contributed by atoms with van der Waals surface area (Å²) in [5.41, 5.74) is 2.27. The maximum Gasteiger partial charge on any atom is 0.246 e. The number of sulfonamides is 1. The van der Waals surface area contributed by atoms with Gasteiger partial charge >= 0.3 is 0 Å². The van der Waals surface area contributed by atoms with Crippen molar-refractivity contribution in [3.05, 3.63) is 12.4 Å². The number of rotatable bonds is 8. The Morgan fingerprint density at radius 3 is 2.24 bits per heavy atom.